The molecule has 94 valence electrons. The number of likely N-dealkylation sites (tertiary alicyclic amines) is 1. The van der Waals surface area contributed by atoms with Crippen molar-refractivity contribution in [3.05, 3.63) is 35.9 Å². The minimum atomic E-state index is -0.139. The molecule has 1 aromatic rings. The predicted molar refractivity (Wildman–Crippen MR) is 70.9 cm³/mol. The van der Waals surface area contributed by atoms with Crippen molar-refractivity contribution in [3.8, 4) is 0 Å². The number of hydrogen-bond acceptors (Lipinski definition) is 2. The lowest BCUT2D eigenvalue weighted by atomic mass is 9.96. The summed E-state index contributed by atoms with van der Waals surface area (Å²) in [6.45, 7) is 2.93. The highest BCUT2D eigenvalue weighted by atomic mass is 35.5. The van der Waals surface area contributed by atoms with E-state index in [1.165, 1.54) is 5.56 Å². The van der Waals surface area contributed by atoms with Crippen molar-refractivity contribution in [1.29, 1.82) is 0 Å². The van der Waals surface area contributed by atoms with Crippen LogP contribution in [0, 0.1) is 5.92 Å². The molecule has 0 atom stereocenters. The number of hydrogen-bond donors (Lipinski definition) is 1. The lowest BCUT2D eigenvalue weighted by molar-refractivity contribution is -0.123. The Morgan fingerprint density at radius 2 is 1.82 bits per heavy atom. The average molecular weight is 255 g/mol. The molecule has 1 aliphatic heterocycles. The molecule has 0 aliphatic carbocycles. The maximum atomic E-state index is 11.0. The Kier molecular flexibility index (Phi) is 5.45. The summed E-state index contributed by atoms with van der Waals surface area (Å²) in [4.78, 5) is 13.4. The highest BCUT2D eigenvalue weighted by Crippen LogP contribution is 2.18. The monoisotopic (exact) mass is 254 g/mol. The molecule has 1 saturated heterocycles. The predicted octanol–water partition coefficient (Wildman–Crippen LogP) is 1.81. The van der Waals surface area contributed by atoms with E-state index in [9.17, 15) is 4.79 Å². The van der Waals surface area contributed by atoms with Gasteiger partial charge in [-0.2, -0.15) is 0 Å². The maximum absolute atomic E-state index is 11.0. The van der Waals surface area contributed by atoms with Crippen LogP contribution in [0.15, 0.2) is 30.3 Å². The van der Waals surface area contributed by atoms with E-state index >= 15 is 0 Å². The topological polar surface area (TPSA) is 46.3 Å². The molecule has 0 aromatic heterocycles. The van der Waals surface area contributed by atoms with Crippen molar-refractivity contribution in [2.45, 2.75) is 19.4 Å². The van der Waals surface area contributed by atoms with Crippen LogP contribution in [0.5, 0.6) is 0 Å². The van der Waals surface area contributed by atoms with Gasteiger partial charge in [0.2, 0.25) is 5.91 Å². The van der Waals surface area contributed by atoms with E-state index in [4.69, 9.17) is 5.73 Å². The minimum absolute atomic E-state index is 0. The number of nitrogens with zero attached hydrogens (tertiary/aromatic N) is 1. The molecular formula is C13H19ClN2O. The standard InChI is InChI=1S/C13H18N2O.ClH/c14-13(16)12-6-8-15(9-7-12)10-11-4-2-1-3-5-11;/h1-5,12H,6-10H2,(H2,14,16);1H. The van der Waals surface area contributed by atoms with Crippen LogP contribution >= 0.6 is 12.4 Å². The zero-order valence-electron chi connectivity index (χ0n) is 9.84. The van der Waals surface area contributed by atoms with E-state index in [2.05, 4.69) is 29.2 Å². The van der Waals surface area contributed by atoms with Crippen LogP contribution in [0.1, 0.15) is 18.4 Å². The molecule has 1 heterocycles. The van der Waals surface area contributed by atoms with Crippen LogP contribution in [-0.4, -0.2) is 23.9 Å². The second-order valence-corrected chi connectivity index (χ2v) is 4.44. The largest absolute Gasteiger partial charge is 0.369 e. The molecule has 1 fully saturated rings. The summed E-state index contributed by atoms with van der Waals surface area (Å²) in [5.41, 5.74) is 6.64. The van der Waals surface area contributed by atoms with Crippen molar-refractivity contribution < 1.29 is 4.79 Å². The van der Waals surface area contributed by atoms with Crippen LogP contribution in [0.4, 0.5) is 0 Å². The highest BCUT2D eigenvalue weighted by molar-refractivity contribution is 5.85. The summed E-state index contributed by atoms with van der Waals surface area (Å²) in [5, 5.41) is 0. The van der Waals surface area contributed by atoms with Crippen LogP contribution in [0.25, 0.3) is 0 Å². The number of primary amides is 1. The molecule has 0 bridgehead atoms. The molecule has 2 N–H and O–H groups in total. The fraction of sp³-hybridized carbons (Fsp3) is 0.462. The number of benzene rings is 1. The lowest BCUT2D eigenvalue weighted by Crippen LogP contribution is -2.38. The zero-order valence-corrected chi connectivity index (χ0v) is 10.7. The summed E-state index contributed by atoms with van der Waals surface area (Å²) in [6, 6.07) is 10.4. The summed E-state index contributed by atoms with van der Waals surface area (Å²) >= 11 is 0. The van der Waals surface area contributed by atoms with Gasteiger partial charge in [0.15, 0.2) is 0 Å². The fourth-order valence-electron chi connectivity index (χ4n) is 2.22. The summed E-state index contributed by atoms with van der Waals surface area (Å²) in [7, 11) is 0. The van der Waals surface area contributed by atoms with Crippen LogP contribution in [-0.2, 0) is 11.3 Å². The molecule has 0 spiro atoms. The van der Waals surface area contributed by atoms with E-state index in [1.54, 1.807) is 0 Å². The Morgan fingerprint density at radius 1 is 1.24 bits per heavy atom. The number of piperidine rings is 1. The molecule has 1 amide bonds. The van der Waals surface area contributed by atoms with Gasteiger partial charge < -0.3 is 5.73 Å². The molecule has 2 rings (SSSR count). The minimum Gasteiger partial charge on any atom is -0.369 e. The van der Waals surface area contributed by atoms with Gasteiger partial charge in [-0.1, -0.05) is 30.3 Å². The average Bonchev–Trinajstić information content (AvgIpc) is 2.31. The SMILES string of the molecule is Cl.NC(=O)C1CCN(Cc2ccccc2)CC1. The van der Waals surface area contributed by atoms with E-state index in [1.807, 2.05) is 6.07 Å². The number of amides is 1. The van der Waals surface area contributed by atoms with E-state index in [0.717, 1.165) is 32.5 Å². The van der Waals surface area contributed by atoms with Gasteiger partial charge in [-0.25, -0.2) is 0 Å². The smallest absolute Gasteiger partial charge is 0.220 e. The maximum Gasteiger partial charge on any atom is 0.220 e. The van der Waals surface area contributed by atoms with Gasteiger partial charge in [-0.05, 0) is 31.5 Å². The Bertz CT molecular complexity index is 348. The van der Waals surface area contributed by atoms with Gasteiger partial charge in [0.1, 0.15) is 0 Å². The van der Waals surface area contributed by atoms with Gasteiger partial charge >= 0.3 is 0 Å². The first-order valence-electron chi connectivity index (χ1n) is 5.81. The van der Waals surface area contributed by atoms with Crippen molar-refractivity contribution in [2.75, 3.05) is 13.1 Å². The van der Waals surface area contributed by atoms with Crippen molar-refractivity contribution in [2.24, 2.45) is 11.7 Å². The van der Waals surface area contributed by atoms with Gasteiger partial charge in [-0.15, -0.1) is 12.4 Å². The fourth-order valence-corrected chi connectivity index (χ4v) is 2.22. The summed E-state index contributed by atoms with van der Waals surface area (Å²) < 4.78 is 0. The Labute approximate surface area is 108 Å². The van der Waals surface area contributed by atoms with E-state index < -0.39 is 0 Å². The van der Waals surface area contributed by atoms with Crippen molar-refractivity contribution >= 4 is 18.3 Å². The summed E-state index contributed by atoms with van der Waals surface area (Å²) in [5.74, 6) is -0.0496. The number of carbonyl (C=O) groups is 1. The van der Waals surface area contributed by atoms with Gasteiger partial charge in [0.05, 0.1) is 0 Å². The molecule has 4 heteroatoms. The quantitative estimate of drug-likeness (QED) is 0.894. The molecular weight excluding hydrogens is 236 g/mol. The molecule has 0 radical (unpaired) electrons. The molecule has 0 unspecified atom stereocenters. The van der Waals surface area contributed by atoms with Crippen molar-refractivity contribution in [1.82, 2.24) is 4.90 Å². The third-order valence-corrected chi connectivity index (χ3v) is 3.24. The second-order valence-electron chi connectivity index (χ2n) is 4.44. The first-order chi connectivity index (χ1) is 7.75. The van der Waals surface area contributed by atoms with Gasteiger partial charge in [0.25, 0.3) is 0 Å². The third-order valence-electron chi connectivity index (χ3n) is 3.24. The van der Waals surface area contributed by atoms with E-state index in [0.29, 0.717) is 0 Å². The van der Waals surface area contributed by atoms with E-state index in [-0.39, 0.29) is 24.2 Å². The normalized spacial score (nSPS) is 17.4. The Hall–Kier alpha value is -1.06. The first kappa shape index (κ1) is 14.0. The lowest BCUT2D eigenvalue weighted by Gasteiger charge is -2.30. The van der Waals surface area contributed by atoms with Crippen LogP contribution < -0.4 is 5.73 Å². The second kappa shape index (κ2) is 6.62. The third kappa shape index (κ3) is 4.02. The number of nitrogens with two attached hydrogens (primary N) is 1. The van der Waals surface area contributed by atoms with Crippen LogP contribution in [0.2, 0.25) is 0 Å². The van der Waals surface area contributed by atoms with Gasteiger partial charge in [-0.3, -0.25) is 9.69 Å². The zero-order chi connectivity index (χ0) is 11.4. The van der Waals surface area contributed by atoms with Gasteiger partial charge in [0, 0.05) is 12.5 Å². The summed E-state index contributed by atoms with van der Waals surface area (Å²) in [6.07, 6.45) is 1.81. The van der Waals surface area contributed by atoms with Crippen molar-refractivity contribution in [3.63, 3.8) is 0 Å². The number of halogens is 1. The Balaban J connectivity index is 0.00000144. The van der Waals surface area contributed by atoms with Crippen LogP contribution in [0.3, 0.4) is 0 Å². The molecule has 0 saturated carbocycles. The molecule has 1 aromatic carbocycles. The number of carbonyl (C=O) groups excluding carboxylic acids is 1. The molecule has 1 aliphatic rings. The number of rotatable bonds is 3. The molecule has 3 nitrogen and oxygen atoms in total. The molecule has 17 heavy (non-hydrogen) atoms. The Morgan fingerprint density at radius 3 is 2.35 bits per heavy atom. The highest BCUT2D eigenvalue weighted by Gasteiger charge is 2.22. The first-order valence-corrected chi connectivity index (χ1v) is 5.81.